The predicted molar refractivity (Wildman–Crippen MR) is 77.4 cm³/mol. The van der Waals surface area contributed by atoms with Crippen LogP contribution in [0.25, 0.3) is 0 Å². The molecule has 0 radical (unpaired) electrons. The minimum atomic E-state index is 0.942. The topological polar surface area (TPSA) is 16.1 Å². The van der Waals surface area contributed by atoms with Gasteiger partial charge in [-0.05, 0) is 48.7 Å². The van der Waals surface area contributed by atoms with E-state index in [-0.39, 0.29) is 0 Å². The number of nitrogens with zero attached hydrogens (tertiary/aromatic N) is 2. The second-order valence-corrected chi connectivity index (χ2v) is 5.39. The summed E-state index contributed by atoms with van der Waals surface area (Å²) in [6.07, 6.45) is 3.69. The van der Waals surface area contributed by atoms with Gasteiger partial charge in [-0.15, -0.1) is 0 Å². The molecule has 0 N–H and O–H groups in total. The molecule has 0 amide bonds. The zero-order chi connectivity index (χ0) is 12.8. The van der Waals surface area contributed by atoms with Crippen molar-refractivity contribution in [2.45, 2.75) is 25.3 Å². The summed E-state index contributed by atoms with van der Waals surface area (Å²) in [4.78, 5) is 5.34. The van der Waals surface area contributed by atoms with Crippen LogP contribution in [-0.2, 0) is 6.54 Å². The molecule has 0 unspecified atom stereocenters. The van der Waals surface area contributed by atoms with Gasteiger partial charge in [0.05, 0.1) is 0 Å². The van der Waals surface area contributed by atoms with Crippen molar-refractivity contribution in [2.24, 2.45) is 0 Å². The van der Waals surface area contributed by atoms with Crippen molar-refractivity contribution in [3.63, 3.8) is 0 Å². The molecule has 0 fully saturated rings. The van der Waals surface area contributed by atoms with E-state index in [1.165, 1.54) is 16.0 Å². The Labute approximate surface area is 113 Å². The van der Waals surface area contributed by atoms with Crippen molar-refractivity contribution < 1.29 is 0 Å². The van der Waals surface area contributed by atoms with Crippen LogP contribution in [0.15, 0.2) is 53.7 Å². The number of hydrogen-bond donors (Lipinski definition) is 0. The highest BCUT2D eigenvalue weighted by molar-refractivity contribution is 7.97. The highest BCUT2D eigenvalue weighted by Gasteiger charge is 2.05. The Morgan fingerprint density at radius 3 is 2.33 bits per heavy atom. The van der Waals surface area contributed by atoms with Gasteiger partial charge in [0, 0.05) is 30.4 Å². The highest BCUT2D eigenvalue weighted by Crippen LogP contribution is 2.24. The van der Waals surface area contributed by atoms with Crippen LogP contribution >= 0.6 is 11.9 Å². The van der Waals surface area contributed by atoms with Gasteiger partial charge < -0.3 is 0 Å². The first-order valence-corrected chi connectivity index (χ1v) is 6.93. The quantitative estimate of drug-likeness (QED) is 0.756. The molecule has 3 heteroatoms. The van der Waals surface area contributed by atoms with Crippen molar-refractivity contribution in [3.05, 3.63) is 59.9 Å². The monoisotopic (exact) mass is 258 g/mol. The summed E-state index contributed by atoms with van der Waals surface area (Å²) in [7, 11) is 0. The Kier molecular flexibility index (Phi) is 4.79. The van der Waals surface area contributed by atoms with Gasteiger partial charge in [-0.25, -0.2) is 4.31 Å². The molecule has 0 spiro atoms. The second kappa shape index (κ2) is 6.57. The smallest absolute Gasteiger partial charge is 0.0345 e. The third kappa shape index (κ3) is 3.86. The van der Waals surface area contributed by atoms with Gasteiger partial charge >= 0.3 is 0 Å². The summed E-state index contributed by atoms with van der Waals surface area (Å²) in [5, 5.41) is 0. The lowest BCUT2D eigenvalue weighted by molar-refractivity contribution is 0.492. The molecule has 2 rings (SSSR count). The fourth-order valence-electron chi connectivity index (χ4n) is 1.65. The molecule has 0 atom stereocenters. The lowest BCUT2D eigenvalue weighted by Gasteiger charge is -2.19. The summed E-state index contributed by atoms with van der Waals surface area (Å²) in [5.74, 6) is 0. The third-order valence-corrected chi connectivity index (χ3v) is 3.84. The van der Waals surface area contributed by atoms with E-state index in [4.69, 9.17) is 0 Å². The molecule has 0 saturated carbocycles. The molecular weight excluding hydrogens is 240 g/mol. The molecular formula is C15H18N2S. The van der Waals surface area contributed by atoms with Gasteiger partial charge in [-0.1, -0.05) is 24.6 Å². The first-order valence-electron chi connectivity index (χ1n) is 6.16. The Hall–Kier alpha value is -1.32. The maximum atomic E-state index is 4.05. The Morgan fingerprint density at radius 1 is 1.06 bits per heavy atom. The van der Waals surface area contributed by atoms with Gasteiger partial charge in [0.15, 0.2) is 0 Å². The van der Waals surface area contributed by atoms with E-state index < -0.39 is 0 Å². The lowest BCUT2D eigenvalue weighted by Crippen LogP contribution is -2.14. The predicted octanol–water partition coefficient (Wildman–Crippen LogP) is 3.92. The average Bonchev–Trinajstić information content (AvgIpc) is 2.41. The fraction of sp³-hybridized carbons (Fsp3) is 0.267. The van der Waals surface area contributed by atoms with Crippen LogP contribution < -0.4 is 0 Å². The zero-order valence-corrected chi connectivity index (χ0v) is 11.7. The molecule has 0 aliphatic rings. The molecule has 18 heavy (non-hydrogen) atoms. The third-order valence-electron chi connectivity index (χ3n) is 2.72. The van der Waals surface area contributed by atoms with Crippen LogP contribution in [0.3, 0.4) is 0 Å². The molecule has 94 valence electrons. The maximum Gasteiger partial charge on any atom is 0.0345 e. The number of pyridine rings is 1. The van der Waals surface area contributed by atoms with E-state index in [2.05, 4.69) is 59.5 Å². The molecule has 1 aromatic carbocycles. The van der Waals surface area contributed by atoms with E-state index in [0.29, 0.717) is 0 Å². The van der Waals surface area contributed by atoms with E-state index in [9.17, 15) is 0 Å². The standard InChI is InChI=1S/C15H18N2S/c1-3-17(12-14-8-10-16-11-9-14)18-15-6-4-13(2)5-7-15/h4-11H,3,12H2,1-2H3. The van der Waals surface area contributed by atoms with Crippen LogP contribution in [0.5, 0.6) is 0 Å². The largest absolute Gasteiger partial charge is 0.265 e. The molecule has 0 aliphatic carbocycles. The number of rotatable bonds is 5. The minimum absolute atomic E-state index is 0.942. The molecule has 2 aromatic rings. The average molecular weight is 258 g/mol. The van der Waals surface area contributed by atoms with Gasteiger partial charge in [-0.2, -0.15) is 0 Å². The highest BCUT2D eigenvalue weighted by atomic mass is 32.2. The van der Waals surface area contributed by atoms with Gasteiger partial charge in [0.1, 0.15) is 0 Å². The number of aryl methyl sites for hydroxylation is 1. The molecule has 1 heterocycles. The minimum Gasteiger partial charge on any atom is -0.265 e. The van der Waals surface area contributed by atoms with Crippen LogP contribution in [0.4, 0.5) is 0 Å². The first kappa shape index (κ1) is 13.1. The number of hydrogen-bond acceptors (Lipinski definition) is 3. The molecule has 0 aliphatic heterocycles. The SMILES string of the molecule is CCN(Cc1ccncc1)Sc1ccc(C)cc1. The van der Waals surface area contributed by atoms with E-state index in [0.717, 1.165) is 13.1 Å². The van der Waals surface area contributed by atoms with Crippen molar-refractivity contribution in [1.29, 1.82) is 0 Å². The van der Waals surface area contributed by atoms with Crippen LogP contribution in [0.2, 0.25) is 0 Å². The van der Waals surface area contributed by atoms with Crippen molar-refractivity contribution in [3.8, 4) is 0 Å². The van der Waals surface area contributed by atoms with Crippen LogP contribution in [-0.4, -0.2) is 15.8 Å². The van der Waals surface area contributed by atoms with E-state index in [1.807, 2.05) is 12.4 Å². The van der Waals surface area contributed by atoms with E-state index in [1.54, 1.807) is 11.9 Å². The normalized spacial score (nSPS) is 10.8. The fourth-order valence-corrected chi connectivity index (χ4v) is 2.55. The molecule has 0 saturated heterocycles. The summed E-state index contributed by atoms with van der Waals surface area (Å²) >= 11 is 1.81. The Morgan fingerprint density at radius 2 is 1.72 bits per heavy atom. The number of benzene rings is 1. The maximum absolute atomic E-state index is 4.05. The Balaban J connectivity index is 1.99. The van der Waals surface area contributed by atoms with Crippen molar-refractivity contribution >= 4 is 11.9 Å². The summed E-state index contributed by atoms with van der Waals surface area (Å²) in [5.41, 5.74) is 2.60. The number of aromatic nitrogens is 1. The summed E-state index contributed by atoms with van der Waals surface area (Å²) in [6, 6.07) is 12.8. The van der Waals surface area contributed by atoms with Crippen molar-refractivity contribution in [1.82, 2.24) is 9.29 Å². The lowest BCUT2D eigenvalue weighted by atomic mass is 10.2. The molecule has 2 nitrogen and oxygen atoms in total. The van der Waals surface area contributed by atoms with Gasteiger partial charge in [0.2, 0.25) is 0 Å². The van der Waals surface area contributed by atoms with E-state index >= 15 is 0 Å². The van der Waals surface area contributed by atoms with Crippen LogP contribution in [0.1, 0.15) is 18.1 Å². The first-order chi connectivity index (χ1) is 8.78. The summed E-state index contributed by atoms with van der Waals surface area (Å²) < 4.78 is 2.35. The van der Waals surface area contributed by atoms with Crippen molar-refractivity contribution in [2.75, 3.05) is 6.54 Å². The van der Waals surface area contributed by atoms with Gasteiger partial charge in [0.25, 0.3) is 0 Å². The van der Waals surface area contributed by atoms with Crippen LogP contribution in [0, 0.1) is 6.92 Å². The summed E-state index contributed by atoms with van der Waals surface area (Å²) in [6.45, 7) is 6.25. The van der Waals surface area contributed by atoms with Gasteiger partial charge in [-0.3, -0.25) is 4.98 Å². The molecule has 1 aromatic heterocycles. The second-order valence-electron chi connectivity index (χ2n) is 4.22. The zero-order valence-electron chi connectivity index (χ0n) is 10.8. The molecule has 0 bridgehead atoms. The Bertz CT molecular complexity index is 468.